The van der Waals surface area contributed by atoms with Crippen LogP contribution in [0.15, 0.2) is 77.9 Å². The van der Waals surface area contributed by atoms with Gasteiger partial charge < -0.3 is 20.5 Å². The van der Waals surface area contributed by atoms with Crippen LogP contribution in [-0.4, -0.2) is 61.9 Å². The first-order valence-electron chi connectivity index (χ1n) is 14.1. The van der Waals surface area contributed by atoms with Crippen LogP contribution in [0.1, 0.15) is 21.5 Å². The lowest BCUT2D eigenvalue weighted by molar-refractivity contribution is -0.200. The Balaban J connectivity index is 1.64. The number of pyridine rings is 2. The Hall–Kier alpha value is -5.77. The summed E-state index contributed by atoms with van der Waals surface area (Å²) in [6.07, 6.45) is -2.12. The summed E-state index contributed by atoms with van der Waals surface area (Å²) < 4.78 is 73.1. The molecule has 248 valence electrons. The van der Waals surface area contributed by atoms with Gasteiger partial charge in [-0.3, -0.25) is 19.1 Å². The smallest absolute Gasteiger partial charge is 0.457 e. The molecule has 0 saturated carbocycles. The first-order chi connectivity index (χ1) is 22.9. The van der Waals surface area contributed by atoms with E-state index in [1.807, 2.05) is 0 Å². The van der Waals surface area contributed by atoms with E-state index in [1.165, 1.54) is 12.1 Å². The van der Waals surface area contributed by atoms with Gasteiger partial charge in [-0.2, -0.15) is 18.2 Å². The van der Waals surface area contributed by atoms with Crippen LogP contribution in [0.25, 0.3) is 28.0 Å². The molecule has 3 N–H and O–H groups in total. The molecule has 0 saturated heterocycles. The zero-order chi connectivity index (χ0) is 34.6. The molecular weight excluding hydrogens is 643 g/mol. The Labute approximate surface area is 268 Å². The van der Waals surface area contributed by atoms with Crippen LogP contribution in [0.4, 0.5) is 27.9 Å². The van der Waals surface area contributed by atoms with Gasteiger partial charge in [-0.15, -0.1) is 0 Å². The highest BCUT2D eigenvalue weighted by Crippen LogP contribution is 2.32. The average Bonchev–Trinajstić information content (AvgIpc) is 3.06. The number of aliphatic hydroxyl groups is 1. The van der Waals surface area contributed by atoms with Crippen molar-refractivity contribution in [3.8, 4) is 16.9 Å². The Morgan fingerprint density at radius 2 is 1.77 bits per heavy atom. The SMILES string of the molecule is Cc1ccc(C(=O)NCc2cccnc2)cc1-c1nc(NC(CO)COC(=O)C(F)(F)F)nc2c1ccc(=O)n2-c1c(F)cccc1F. The molecule has 1 amide bonds. The van der Waals surface area contributed by atoms with E-state index in [9.17, 15) is 32.7 Å². The molecule has 0 aliphatic carbocycles. The summed E-state index contributed by atoms with van der Waals surface area (Å²) >= 11 is 0. The van der Waals surface area contributed by atoms with Crippen LogP contribution in [0.2, 0.25) is 0 Å². The Kier molecular flexibility index (Phi) is 9.74. The number of aromatic nitrogens is 4. The maximum absolute atomic E-state index is 15.0. The largest absolute Gasteiger partial charge is 0.490 e. The lowest BCUT2D eigenvalue weighted by atomic mass is 9.99. The molecule has 0 bridgehead atoms. The second-order valence-electron chi connectivity index (χ2n) is 10.4. The van der Waals surface area contributed by atoms with Gasteiger partial charge in [-0.1, -0.05) is 18.2 Å². The number of esters is 1. The third-order valence-electron chi connectivity index (χ3n) is 7.04. The zero-order valence-electron chi connectivity index (χ0n) is 24.9. The number of rotatable bonds is 10. The van der Waals surface area contributed by atoms with Gasteiger partial charge in [0.15, 0.2) is 5.65 Å². The minimum atomic E-state index is -5.29. The van der Waals surface area contributed by atoms with Gasteiger partial charge in [-0.25, -0.2) is 18.6 Å². The molecule has 0 fully saturated rings. The number of amides is 1. The quantitative estimate of drug-likeness (QED) is 0.147. The summed E-state index contributed by atoms with van der Waals surface area (Å²) in [5.74, 6) is -5.58. The highest BCUT2D eigenvalue weighted by molar-refractivity contribution is 5.98. The minimum Gasteiger partial charge on any atom is -0.457 e. The van der Waals surface area contributed by atoms with Crippen molar-refractivity contribution < 1.29 is 41.4 Å². The number of hydrogen-bond acceptors (Lipinski definition) is 9. The molecule has 0 aliphatic heterocycles. The van der Waals surface area contributed by atoms with Gasteiger partial charge in [0.1, 0.15) is 23.9 Å². The maximum Gasteiger partial charge on any atom is 0.490 e. The number of para-hydroxylation sites is 1. The fourth-order valence-corrected chi connectivity index (χ4v) is 4.69. The maximum atomic E-state index is 15.0. The standard InChI is InChI=1S/C32H25F5N6O5/c1-17-7-8-19(29(46)39-14-18-4-3-11-38-13-18)12-22(17)26-21-9-10-25(45)43(27-23(33)5-2-6-24(27)34)28(21)42-31(41-26)40-20(15-44)16-48-30(47)32(35,36)37/h2-13,20,44H,14-16H2,1H3,(H,39,46)(H,40,41,42). The number of ether oxygens (including phenoxy) is 1. The molecule has 2 aromatic carbocycles. The number of nitrogens with zero attached hydrogens (tertiary/aromatic N) is 4. The molecule has 0 spiro atoms. The van der Waals surface area contributed by atoms with Crippen molar-refractivity contribution >= 4 is 28.9 Å². The molecule has 0 radical (unpaired) electrons. The molecule has 3 heterocycles. The number of fused-ring (bicyclic) bond motifs is 1. The molecule has 5 rings (SSSR count). The number of hydrogen-bond donors (Lipinski definition) is 3. The van der Waals surface area contributed by atoms with E-state index in [0.717, 1.165) is 29.8 Å². The van der Waals surface area contributed by atoms with Crippen LogP contribution >= 0.6 is 0 Å². The van der Waals surface area contributed by atoms with Gasteiger partial charge >= 0.3 is 12.1 Å². The number of alkyl halides is 3. The predicted octanol–water partition coefficient (Wildman–Crippen LogP) is 4.24. The molecule has 3 aromatic heterocycles. The molecule has 1 atom stereocenters. The third-order valence-corrected chi connectivity index (χ3v) is 7.04. The van der Waals surface area contributed by atoms with E-state index in [2.05, 4.69) is 30.3 Å². The fraction of sp³-hybridized carbons (Fsp3) is 0.188. The lowest BCUT2D eigenvalue weighted by Crippen LogP contribution is -2.35. The number of nitrogens with one attached hydrogen (secondary N) is 2. The number of aryl methyl sites for hydroxylation is 1. The molecule has 48 heavy (non-hydrogen) atoms. The van der Waals surface area contributed by atoms with Crippen molar-refractivity contribution in [1.29, 1.82) is 0 Å². The van der Waals surface area contributed by atoms with E-state index in [4.69, 9.17) is 0 Å². The van der Waals surface area contributed by atoms with Gasteiger partial charge in [0.2, 0.25) is 5.95 Å². The van der Waals surface area contributed by atoms with Crippen LogP contribution in [-0.2, 0) is 16.1 Å². The van der Waals surface area contributed by atoms with Crippen molar-refractivity contribution in [2.45, 2.75) is 25.7 Å². The second-order valence-corrected chi connectivity index (χ2v) is 10.4. The molecule has 16 heteroatoms. The first kappa shape index (κ1) is 33.6. The van der Waals surface area contributed by atoms with Crippen LogP contribution in [0, 0.1) is 18.6 Å². The fourth-order valence-electron chi connectivity index (χ4n) is 4.69. The molecular formula is C32H25F5N6O5. The van der Waals surface area contributed by atoms with E-state index in [-0.39, 0.29) is 28.8 Å². The summed E-state index contributed by atoms with van der Waals surface area (Å²) in [6.45, 7) is 0.0213. The monoisotopic (exact) mass is 668 g/mol. The van der Waals surface area contributed by atoms with E-state index >= 15 is 8.78 Å². The van der Waals surface area contributed by atoms with E-state index < -0.39 is 66.1 Å². The molecule has 5 aromatic rings. The van der Waals surface area contributed by atoms with Crippen molar-refractivity contribution in [3.05, 3.63) is 112 Å². The first-order valence-corrected chi connectivity index (χ1v) is 14.1. The van der Waals surface area contributed by atoms with E-state index in [0.29, 0.717) is 15.7 Å². The summed E-state index contributed by atoms with van der Waals surface area (Å²) in [4.78, 5) is 50.2. The molecule has 11 nitrogen and oxygen atoms in total. The lowest BCUT2D eigenvalue weighted by Gasteiger charge is -2.20. The van der Waals surface area contributed by atoms with Gasteiger partial charge in [0.05, 0.1) is 18.3 Å². The zero-order valence-corrected chi connectivity index (χ0v) is 24.9. The van der Waals surface area contributed by atoms with E-state index in [1.54, 1.807) is 43.6 Å². The summed E-state index contributed by atoms with van der Waals surface area (Å²) in [5, 5.41) is 15.3. The Morgan fingerprint density at radius 3 is 2.44 bits per heavy atom. The second kappa shape index (κ2) is 13.9. The topological polar surface area (TPSA) is 148 Å². The summed E-state index contributed by atoms with van der Waals surface area (Å²) in [6, 6.07) is 12.1. The van der Waals surface area contributed by atoms with Crippen LogP contribution in [0.3, 0.4) is 0 Å². The minimum absolute atomic E-state index is 0.0522. The number of anilines is 1. The molecule has 0 aliphatic rings. The van der Waals surface area contributed by atoms with Crippen molar-refractivity contribution in [2.75, 3.05) is 18.5 Å². The number of halogens is 5. The number of benzene rings is 2. The number of carbonyl (C=O) groups is 2. The molecule has 1 unspecified atom stereocenters. The predicted molar refractivity (Wildman–Crippen MR) is 162 cm³/mol. The summed E-state index contributed by atoms with van der Waals surface area (Å²) in [5.41, 5.74) is -0.0952. The normalized spacial score (nSPS) is 12.1. The van der Waals surface area contributed by atoms with Gasteiger partial charge in [0, 0.05) is 41.5 Å². The van der Waals surface area contributed by atoms with Gasteiger partial charge in [0.25, 0.3) is 11.5 Å². The van der Waals surface area contributed by atoms with Crippen LogP contribution < -0.4 is 16.2 Å². The van der Waals surface area contributed by atoms with Crippen molar-refractivity contribution in [2.24, 2.45) is 0 Å². The summed E-state index contributed by atoms with van der Waals surface area (Å²) in [7, 11) is 0. The third kappa shape index (κ3) is 7.28. The number of aliphatic hydroxyl groups excluding tert-OH is 1. The van der Waals surface area contributed by atoms with Gasteiger partial charge in [-0.05, 0) is 54.4 Å². The highest BCUT2D eigenvalue weighted by atomic mass is 19.4. The van der Waals surface area contributed by atoms with Crippen LogP contribution in [0.5, 0.6) is 0 Å². The highest BCUT2D eigenvalue weighted by Gasteiger charge is 2.41. The van der Waals surface area contributed by atoms with Crippen molar-refractivity contribution in [1.82, 2.24) is 24.8 Å². The average molecular weight is 669 g/mol. The van der Waals surface area contributed by atoms with Crippen molar-refractivity contribution in [3.63, 3.8) is 0 Å². The number of carbonyl (C=O) groups excluding carboxylic acids is 2. The Morgan fingerprint density at radius 1 is 1.02 bits per heavy atom. The Bertz CT molecular complexity index is 2040.